The molecule has 0 atom stereocenters. The van der Waals surface area contributed by atoms with E-state index in [0.717, 1.165) is 7.11 Å². The third-order valence-electron chi connectivity index (χ3n) is 2.05. The van der Waals surface area contributed by atoms with Crippen LogP contribution in [0, 0.1) is 0 Å². The van der Waals surface area contributed by atoms with Crippen molar-refractivity contribution < 1.29 is 27.4 Å². The number of alkyl halides is 3. The summed E-state index contributed by atoms with van der Waals surface area (Å²) in [7, 11) is 1.16. The Morgan fingerprint density at radius 3 is 2.61 bits per heavy atom. The van der Waals surface area contributed by atoms with Crippen molar-refractivity contribution in [3.63, 3.8) is 0 Å². The monoisotopic (exact) mass is 263 g/mol. The molecule has 2 N–H and O–H groups in total. The average molecular weight is 263 g/mol. The van der Waals surface area contributed by atoms with Gasteiger partial charge < -0.3 is 15.2 Å². The second kappa shape index (κ2) is 5.61. The van der Waals surface area contributed by atoms with Crippen LogP contribution in [-0.4, -0.2) is 25.9 Å². The van der Waals surface area contributed by atoms with E-state index in [1.54, 1.807) is 0 Å². The summed E-state index contributed by atoms with van der Waals surface area (Å²) in [5.74, 6) is -0.704. The Kier molecular flexibility index (Phi) is 4.41. The first-order chi connectivity index (χ1) is 8.33. The van der Waals surface area contributed by atoms with Gasteiger partial charge in [0.15, 0.2) is 0 Å². The number of halogens is 3. The van der Waals surface area contributed by atoms with Crippen molar-refractivity contribution in [2.45, 2.75) is 12.6 Å². The van der Waals surface area contributed by atoms with Gasteiger partial charge in [0.2, 0.25) is 0 Å². The predicted octanol–water partition coefficient (Wildman–Crippen LogP) is 2.39. The molecule has 18 heavy (non-hydrogen) atoms. The van der Waals surface area contributed by atoms with E-state index in [-0.39, 0.29) is 11.3 Å². The summed E-state index contributed by atoms with van der Waals surface area (Å²) < 4.78 is 45.3. The van der Waals surface area contributed by atoms with Crippen LogP contribution in [0.2, 0.25) is 0 Å². The van der Waals surface area contributed by atoms with Crippen LogP contribution in [0.3, 0.4) is 0 Å². The molecule has 7 heteroatoms. The minimum atomic E-state index is -4.31. The molecule has 0 heterocycles. The van der Waals surface area contributed by atoms with E-state index in [4.69, 9.17) is 10.5 Å². The van der Waals surface area contributed by atoms with Crippen LogP contribution in [0.4, 0.5) is 18.9 Å². The molecular weight excluding hydrogens is 251 g/mol. The number of rotatable bonds is 4. The predicted molar refractivity (Wildman–Crippen MR) is 58.4 cm³/mol. The highest BCUT2D eigenvalue weighted by molar-refractivity contribution is 5.93. The maximum Gasteiger partial charge on any atom is 0.392 e. The molecule has 0 aromatic heterocycles. The van der Waals surface area contributed by atoms with Crippen molar-refractivity contribution >= 4 is 11.7 Å². The largest absolute Gasteiger partial charge is 0.492 e. The number of hydrogen-bond acceptors (Lipinski definition) is 4. The minimum Gasteiger partial charge on any atom is -0.492 e. The highest BCUT2D eigenvalue weighted by Gasteiger charge is 2.27. The molecule has 0 aliphatic heterocycles. The molecule has 100 valence electrons. The Morgan fingerprint density at radius 2 is 2.06 bits per heavy atom. The molecule has 0 aliphatic rings. The zero-order valence-electron chi connectivity index (χ0n) is 9.58. The van der Waals surface area contributed by atoms with Crippen LogP contribution >= 0.6 is 0 Å². The lowest BCUT2D eigenvalue weighted by molar-refractivity contribution is -0.139. The number of nitrogens with two attached hydrogens (primary N) is 1. The zero-order chi connectivity index (χ0) is 13.8. The first kappa shape index (κ1) is 14.1. The molecule has 0 amide bonds. The number of ether oxygens (including phenoxy) is 2. The van der Waals surface area contributed by atoms with Gasteiger partial charge >= 0.3 is 12.1 Å². The van der Waals surface area contributed by atoms with E-state index in [1.807, 2.05) is 0 Å². The first-order valence-electron chi connectivity index (χ1n) is 5.01. The van der Waals surface area contributed by atoms with E-state index in [2.05, 4.69) is 4.74 Å². The third-order valence-corrected chi connectivity index (χ3v) is 2.05. The fourth-order valence-electron chi connectivity index (χ4n) is 1.22. The van der Waals surface area contributed by atoms with Crippen molar-refractivity contribution in [2.75, 3.05) is 19.5 Å². The van der Waals surface area contributed by atoms with Crippen LogP contribution in [0.5, 0.6) is 5.75 Å². The number of nitrogen functional groups attached to an aromatic ring is 1. The minimum absolute atomic E-state index is 0.000301. The highest BCUT2D eigenvalue weighted by atomic mass is 19.4. The number of hydrogen-bond donors (Lipinski definition) is 1. The number of carbonyl (C=O) groups excluding carboxylic acids is 1. The van der Waals surface area contributed by atoms with Gasteiger partial charge in [0, 0.05) is 5.69 Å². The lowest BCUT2D eigenvalue weighted by Crippen LogP contribution is -2.14. The second-order valence-corrected chi connectivity index (χ2v) is 3.46. The summed E-state index contributed by atoms with van der Waals surface area (Å²) in [6.45, 7) is -0.572. The van der Waals surface area contributed by atoms with E-state index >= 15 is 0 Å². The Bertz CT molecular complexity index is 432. The van der Waals surface area contributed by atoms with Gasteiger partial charge in [-0.05, 0) is 18.2 Å². The summed E-state index contributed by atoms with van der Waals surface area (Å²) in [6.07, 6.45) is -5.41. The number of methoxy groups -OCH3 is 1. The molecule has 0 radical (unpaired) electrons. The van der Waals surface area contributed by atoms with Crippen LogP contribution in [0.1, 0.15) is 16.8 Å². The van der Waals surface area contributed by atoms with Gasteiger partial charge in [0.25, 0.3) is 0 Å². The van der Waals surface area contributed by atoms with Crippen LogP contribution in [0.25, 0.3) is 0 Å². The molecule has 0 unspecified atom stereocenters. The average Bonchev–Trinajstić information content (AvgIpc) is 2.28. The maximum atomic E-state index is 12.0. The van der Waals surface area contributed by atoms with Crippen molar-refractivity contribution in [2.24, 2.45) is 0 Å². The number of anilines is 1. The summed E-state index contributed by atoms with van der Waals surface area (Å²) >= 11 is 0. The molecule has 1 aromatic carbocycles. The molecule has 1 rings (SSSR count). The van der Waals surface area contributed by atoms with E-state index in [0.29, 0.717) is 5.69 Å². The third kappa shape index (κ3) is 4.15. The fraction of sp³-hybridized carbons (Fsp3) is 0.364. The molecule has 0 saturated heterocycles. The SMILES string of the molecule is COC(=O)c1cc(N)ccc1OCCC(F)(F)F. The fourth-order valence-corrected chi connectivity index (χ4v) is 1.22. The summed E-state index contributed by atoms with van der Waals surface area (Å²) in [5.41, 5.74) is 5.76. The molecule has 1 aromatic rings. The highest BCUT2D eigenvalue weighted by Crippen LogP contribution is 2.24. The van der Waals surface area contributed by atoms with Crippen LogP contribution < -0.4 is 10.5 Å². The van der Waals surface area contributed by atoms with Gasteiger partial charge in [0.1, 0.15) is 11.3 Å². The lowest BCUT2D eigenvalue weighted by Gasteiger charge is -2.12. The number of benzene rings is 1. The lowest BCUT2D eigenvalue weighted by atomic mass is 10.2. The van der Waals surface area contributed by atoms with Crippen LogP contribution in [0.15, 0.2) is 18.2 Å². The molecule has 0 spiro atoms. The smallest absolute Gasteiger partial charge is 0.392 e. The van der Waals surface area contributed by atoms with Crippen LogP contribution in [-0.2, 0) is 4.74 Å². The van der Waals surface area contributed by atoms with Gasteiger partial charge in [-0.15, -0.1) is 0 Å². The van der Waals surface area contributed by atoms with Crippen molar-refractivity contribution in [3.05, 3.63) is 23.8 Å². The van der Waals surface area contributed by atoms with Crippen molar-refractivity contribution in [3.8, 4) is 5.75 Å². The molecule has 0 bridgehead atoms. The summed E-state index contributed by atoms with van der Waals surface area (Å²) in [5, 5.41) is 0. The molecular formula is C11H12F3NO3. The standard InChI is InChI=1S/C11H12F3NO3/c1-17-10(16)8-6-7(15)2-3-9(8)18-5-4-11(12,13)14/h2-3,6H,4-5,15H2,1H3. The molecule has 0 saturated carbocycles. The maximum absolute atomic E-state index is 12.0. The van der Waals surface area contributed by atoms with Gasteiger partial charge in [-0.2, -0.15) is 13.2 Å². The van der Waals surface area contributed by atoms with Crippen molar-refractivity contribution in [1.29, 1.82) is 0 Å². The normalized spacial score (nSPS) is 11.1. The number of carbonyl (C=O) groups is 1. The Morgan fingerprint density at radius 1 is 1.39 bits per heavy atom. The molecule has 0 fully saturated rings. The molecule has 4 nitrogen and oxygen atoms in total. The first-order valence-corrected chi connectivity index (χ1v) is 5.01. The Hall–Kier alpha value is -1.92. The Labute approximate surface area is 101 Å². The van der Waals surface area contributed by atoms with Gasteiger partial charge in [-0.3, -0.25) is 0 Å². The second-order valence-electron chi connectivity index (χ2n) is 3.46. The summed E-state index contributed by atoms with van der Waals surface area (Å²) in [4.78, 5) is 11.4. The van der Waals surface area contributed by atoms with E-state index in [9.17, 15) is 18.0 Å². The summed E-state index contributed by atoms with van der Waals surface area (Å²) in [6, 6.07) is 4.04. The van der Waals surface area contributed by atoms with Gasteiger partial charge in [0.05, 0.1) is 20.1 Å². The van der Waals surface area contributed by atoms with E-state index in [1.165, 1.54) is 18.2 Å². The number of esters is 1. The Balaban J connectivity index is 2.79. The quantitative estimate of drug-likeness (QED) is 0.669. The topological polar surface area (TPSA) is 61.5 Å². The van der Waals surface area contributed by atoms with E-state index < -0.39 is 25.2 Å². The molecule has 0 aliphatic carbocycles. The van der Waals surface area contributed by atoms with Gasteiger partial charge in [-0.25, -0.2) is 4.79 Å². The zero-order valence-corrected chi connectivity index (χ0v) is 9.58. The van der Waals surface area contributed by atoms with Gasteiger partial charge in [-0.1, -0.05) is 0 Å². The van der Waals surface area contributed by atoms with Crippen molar-refractivity contribution in [1.82, 2.24) is 0 Å².